The molecule has 0 aromatic rings. The van der Waals surface area contributed by atoms with Crippen LogP contribution in [0.4, 0.5) is 0 Å². The second-order valence-corrected chi connectivity index (χ2v) is 6.59. The summed E-state index contributed by atoms with van der Waals surface area (Å²) in [6.07, 6.45) is 1.16. The highest BCUT2D eigenvalue weighted by Gasteiger charge is 2.26. The van der Waals surface area contributed by atoms with E-state index in [1.54, 1.807) is 13.8 Å². The summed E-state index contributed by atoms with van der Waals surface area (Å²) >= 11 is 5.45. The zero-order valence-corrected chi connectivity index (χ0v) is 11.2. The second-order valence-electron chi connectivity index (χ2n) is 4.28. The van der Waals surface area contributed by atoms with Gasteiger partial charge in [-0.05, 0) is 26.7 Å². The van der Waals surface area contributed by atoms with Crippen molar-refractivity contribution < 1.29 is 13.2 Å². The fourth-order valence-corrected chi connectivity index (χ4v) is 2.33. The van der Waals surface area contributed by atoms with Gasteiger partial charge in [0.15, 0.2) is 0 Å². The lowest BCUT2D eigenvalue weighted by Crippen LogP contribution is -2.42. The van der Waals surface area contributed by atoms with Gasteiger partial charge in [-0.3, -0.25) is 4.79 Å². The quantitative estimate of drug-likeness (QED) is 0.495. The van der Waals surface area contributed by atoms with Crippen LogP contribution in [-0.2, 0) is 14.8 Å². The fourth-order valence-electron chi connectivity index (χ4n) is 0.836. The highest BCUT2D eigenvalue weighted by atomic mass is 35.5. The molecule has 0 aliphatic rings. The Labute approximate surface area is 102 Å². The Hall–Kier alpha value is -0.330. The van der Waals surface area contributed by atoms with Gasteiger partial charge >= 0.3 is 0 Å². The molecule has 96 valence electrons. The Bertz CT molecular complexity index is 328. The monoisotopic (exact) mass is 270 g/mol. The Morgan fingerprint density at radius 2 is 1.94 bits per heavy atom. The van der Waals surface area contributed by atoms with Gasteiger partial charge in [0.2, 0.25) is 15.9 Å². The number of primary amides is 1. The van der Waals surface area contributed by atoms with Gasteiger partial charge < -0.3 is 5.73 Å². The van der Waals surface area contributed by atoms with Crippen molar-refractivity contribution in [2.24, 2.45) is 11.1 Å². The minimum Gasteiger partial charge on any atom is -0.369 e. The zero-order chi connectivity index (χ0) is 12.8. The molecule has 0 fully saturated rings. The van der Waals surface area contributed by atoms with Crippen LogP contribution in [0.5, 0.6) is 0 Å². The van der Waals surface area contributed by atoms with Gasteiger partial charge in [-0.25, -0.2) is 13.1 Å². The van der Waals surface area contributed by atoms with Crippen LogP contribution in [0.3, 0.4) is 0 Å². The van der Waals surface area contributed by atoms with E-state index >= 15 is 0 Å². The van der Waals surface area contributed by atoms with E-state index in [0.717, 1.165) is 0 Å². The number of amides is 1. The SMILES string of the molecule is CC(C)(CNS(=O)(=O)CCCCCl)C(N)=O. The molecule has 0 bridgehead atoms. The lowest BCUT2D eigenvalue weighted by Gasteiger charge is -2.20. The van der Waals surface area contributed by atoms with E-state index in [-0.39, 0.29) is 12.3 Å². The maximum atomic E-state index is 11.5. The molecule has 0 atom stereocenters. The topological polar surface area (TPSA) is 89.3 Å². The average molecular weight is 271 g/mol. The average Bonchev–Trinajstić information content (AvgIpc) is 2.15. The van der Waals surface area contributed by atoms with Crippen molar-refractivity contribution in [1.29, 1.82) is 0 Å². The summed E-state index contributed by atoms with van der Waals surface area (Å²) in [4.78, 5) is 11.0. The third-order valence-electron chi connectivity index (χ3n) is 2.20. The number of hydrogen-bond donors (Lipinski definition) is 2. The molecular weight excluding hydrogens is 252 g/mol. The number of carbonyl (C=O) groups excluding carboxylic acids is 1. The highest BCUT2D eigenvalue weighted by Crippen LogP contribution is 2.12. The molecule has 1 amide bonds. The van der Waals surface area contributed by atoms with E-state index in [4.69, 9.17) is 17.3 Å². The van der Waals surface area contributed by atoms with Crippen LogP contribution in [0.2, 0.25) is 0 Å². The van der Waals surface area contributed by atoms with Crippen molar-refractivity contribution in [2.75, 3.05) is 18.2 Å². The van der Waals surface area contributed by atoms with Gasteiger partial charge in [-0.2, -0.15) is 0 Å². The van der Waals surface area contributed by atoms with E-state index in [9.17, 15) is 13.2 Å². The minimum atomic E-state index is -3.34. The van der Waals surface area contributed by atoms with Gasteiger partial charge in [0, 0.05) is 12.4 Å². The van der Waals surface area contributed by atoms with E-state index in [0.29, 0.717) is 18.7 Å². The van der Waals surface area contributed by atoms with Crippen molar-refractivity contribution in [1.82, 2.24) is 4.72 Å². The molecule has 0 aromatic carbocycles. The highest BCUT2D eigenvalue weighted by molar-refractivity contribution is 7.89. The van der Waals surface area contributed by atoms with Crippen LogP contribution in [0.25, 0.3) is 0 Å². The lowest BCUT2D eigenvalue weighted by molar-refractivity contribution is -0.125. The van der Waals surface area contributed by atoms with E-state index < -0.39 is 21.3 Å². The fraction of sp³-hybridized carbons (Fsp3) is 0.889. The standard InChI is InChI=1S/C9H19ClN2O3S/c1-9(2,8(11)13)7-12-16(14,15)6-4-3-5-10/h12H,3-7H2,1-2H3,(H2,11,13). The summed E-state index contributed by atoms with van der Waals surface area (Å²) in [7, 11) is -3.34. The van der Waals surface area contributed by atoms with Crippen LogP contribution in [0.15, 0.2) is 0 Å². The first kappa shape index (κ1) is 15.7. The Morgan fingerprint density at radius 3 is 2.38 bits per heavy atom. The molecule has 0 heterocycles. The van der Waals surface area contributed by atoms with Gasteiger partial charge in [-0.1, -0.05) is 0 Å². The van der Waals surface area contributed by atoms with Crippen molar-refractivity contribution in [2.45, 2.75) is 26.7 Å². The molecule has 0 unspecified atom stereocenters. The molecule has 0 radical (unpaired) electrons. The Morgan fingerprint density at radius 1 is 1.38 bits per heavy atom. The first-order valence-electron chi connectivity index (χ1n) is 5.04. The molecule has 0 aliphatic heterocycles. The number of rotatable bonds is 8. The summed E-state index contributed by atoms with van der Waals surface area (Å²) in [5.74, 6) is -0.0624. The molecular formula is C9H19ClN2O3S. The number of nitrogens with one attached hydrogen (secondary N) is 1. The van der Waals surface area contributed by atoms with Crippen LogP contribution in [0.1, 0.15) is 26.7 Å². The first-order valence-corrected chi connectivity index (χ1v) is 7.23. The van der Waals surface area contributed by atoms with Gasteiger partial charge in [0.05, 0.1) is 11.2 Å². The van der Waals surface area contributed by atoms with Crippen LogP contribution < -0.4 is 10.5 Å². The number of hydrogen-bond acceptors (Lipinski definition) is 3. The summed E-state index contributed by atoms with van der Waals surface area (Å²) in [5, 5.41) is 0. The first-order chi connectivity index (χ1) is 7.21. The molecule has 3 N–H and O–H groups in total. The molecule has 5 nitrogen and oxygen atoms in total. The maximum absolute atomic E-state index is 11.5. The zero-order valence-electron chi connectivity index (χ0n) is 9.62. The molecule has 0 saturated carbocycles. The largest absolute Gasteiger partial charge is 0.369 e. The van der Waals surface area contributed by atoms with E-state index in [1.807, 2.05) is 0 Å². The summed E-state index contributed by atoms with van der Waals surface area (Å²) < 4.78 is 25.3. The van der Waals surface area contributed by atoms with Crippen molar-refractivity contribution in [3.8, 4) is 0 Å². The normalized spacial score (nSPS) is 12.7. The number of alkyl halides is 1. The van der Waals surface area contributed by atoms with Crippen molar-refractivity contribution >= 4 is 27.5 Å². The van der Waals surface area contributed by atoms with E-state index in [1.165, 1.54) is 0 Å². The lowest BCUT2D eigenvalue weighted by atomic mass is 9.93. The number of unbranched alkanes of at least 4 members (excludes halogenated alkanes) is 1. The smallest absolute Gasteiger partial charge is 0.224 e. The Kier molecular flexibility index (Phi) is 6.28. The number of sulfonamides is 1. The van der Waals surface area contributed by atoms with Crippen molar-refractivity contribution in [3.05, 3.63) is 0 Å². The van der Waals surface area contributed by atoms with Gasteiger partial charge in [0.1, 0.15) is 0 Å². The molecule has 7 heteroatoms. The van der Waals surface area contributed by atoms with Crippen LogP contribution >= 0.6 is 11.6 Å². The molecule has 0 rings (SSSR count). The maximum Gasteiger partial charge on any atom is 0.224 e. The second kappa shape index (κ2) is 6.42. The third kappa shape index (κ3) is 6.30. The molecule has 0 saturated heterocycles. The van der Waals surface area contributed by atoms with E-state index in [2.05, 4.69) is 4.72 Å². The number of carbonyl (C=O) groups is 1. The van der Waals surface area contributed by atoms with Crippen LogP contribution in [-0.4, -0.2) is 32.5 Å². The molecule has 16 heavy (non-hydrogen) atoms. The molecule has 0 spiro atoms. The summed E-state index contributed by atoms with van der Waals surface area (Å²) in [5.41, 5.74) is 4.25. The number of halogens is 1. The predicted octanol–water partition coefficient (Wildman–Crippen LogP) is 0.436. The number of nitrogens with two attached hydrogens (primary N) is 1. The van der Waals surface area contributed by atoms with Gasteiger partial charge in [0.25, 0.3) is 0 Å². The predicted molar refractivity (Wildman–Crippen MR) is 64.7 cm³/mol. The summed E-state index contributed by atoms with van der Waals surface area (Å²) in [6, 6.07) is 0. The minimum absolute atomic E-state index is 0.0194. The summed E-state index contributed by atoms with van der Waals surface area (Å²) in [6.45, 7) is 3.21. The third-order valence-corrected chi connectivity index (χ3v) is 3.88. The molecule has 0 aliphatic carbocycles. The van der Waals surface area contributed by atoms with Crippen molar-refractivity contribution in [3.63, 3.8) is 0 Å². The Balaban J connectivity index is 4.14. The molecule has 0 aromatic heterocycles. The van der Waals surface area contributed by atoms with Gasteiger partial charge in [-0.15, -0.1) is 11.6 Å². The van der Waals surface area contributed by atoms with Crippen LogP contribution in [0, 0.1) is 5.41 Å².